The molecule has 1 aromatic heterocycles. The third kappa shape index (κ3) is 3.58. The molecule has 0 radical (unpaired) electrons. The van der Waals surface area contributed by atoms with Crippen LogP contribution in [0.1, 0.15) is 51.5 Å². The van der Waals surface area contributed by atoms with Crippen molar-refractivity contribution in [1.29, 1.82) is 0 Å². The van der Waals surface area contributed by atoms with Crippen molar-refractivity contribution >= 4 is 0 Å². The summed E-state index contributed by atoms with van der Waals surface area (Å²) in [6, 6.07) is 4.20. The molecule has 1 fully saturated rings. The van der Waals surface area contributed by atoms with Crippen molar-refractivity contribution in [3.63, 3.8) is 0 Å². The van der Waals surface area contributed by atoms with Crippen LogP contribution in [0.15, 0.2) is 24.5 Å². The Hall–Kier alpha value is -0.930. The normalized spacial score (nSPS) is 26.9. The smallest absolute Gasteiger partial charge is 0.0335 e. The number of rotatable bonds is 6. The lowest BCUT2D eigenvalue weighted by atomic mass is 9.75. The van der Waals surface area contributed by atoms with E-state index >= 15 is 0 Å². The fourth-order valence-corrected chi connectivity index (χ4v) is 3.41. The van der Waals surface area contributed by atoms with Gasteiger partial charge in [-0.3, -0.25) is 9.88 Å². The zero-order valence-corrected chi connectivity index (χ0v) is 13.0. The Kier molecular flexibility index (Phi) is 5.55. The predicted octanol–water partition coefficient (Wildman–Crippen LogP) is 3.20. The molecule has 1 aromatic rings. The van der Waals surface area contributed by atoms with Crippen molar-refractivity contribution < 1.29 is 0 Å². The summed E-state index contributed by atoms with van der Waals surface area (Å²) in [4.78, 5) is 6.87. The summed E-state index contributed by atoms with van der Waals surface area (Å²) in [5.74, 6) is 0.858. The Balaban J connectivity index is 2.13. The van der Waals surface area contributed by atoms with E-state index in [0.717, 1.165) is 25.6 Å². The number of hydrogen-bond donors (Lipinski definition) is 1. The summed E-state index contributed by atoms with van der Waals surface area (Å²) in [5, 5.41) is 0. The van der Waals surface area contributed by atoms with Gasteiger partial charge in [0, 0.05) is 31.0 Å². The molecule has 0 unspecified atom stereocenters. The molecule has 20 heavy (non-hydrogen) atoms. The third-order valence-corrected chi connectivity index (χ3v) is 4.85. The van der Waals surface area contributed by atoms with E-state index in [4.69, 9.17) is 5.73 Å². The first kappa shape index (κ1) is 15.5. The van der Waals surface area contributed by atoms with Gasteiger partial charge in [-0.1, -0.05) is 19.9 Å². The van der Waals surface area contributed by atoms with Crippen LogP contribution in [0.2, 0.25) is 0 Å². The van der Waals surface area contributed by atoms with E-state index in [1.54, 1.807) is 0 Å². The molecule has 0 spiro atoms. The maximum absolute atomic E-state index is 6.21. The first-order valence-corrected chi connectivity index (χ1v) is 8.04. The minimum absolute atomic E-state index is 0.207. The van der Waals surface area contributed by atoms with Crippen molar-refractivity contribution in [1.82, 2.24) is 9.88 Å². The highest BCUT2D eigenvalue weighted by atomic mass is 15.2. The van der Waals surface area contributed by atoms with Crippen LogP contribution in [-0.2, 0) is 6.54 Å². The second-order valence-corrected chi connectivity index (χ2v) is 6.39. The van der Waals surface area contributed by atoms with Crippen LogP contribution in [0.3, 0.4) is 0 Å². The molecule has 0 aliphatic heterocycles. The monoisotopic (exact) mass is 275 g/mol. The first-order chi connectivity index (χ1) is 9.70. The summed E-state index contributed by atoms with van der Waals surface area (Å²) >= 11 is 0. The first-order valence-electron chi connectivity index (χ1n) is 8.04. The van der Waals surface area contributed by atoms with Gasteiger partial charge in [0.05, 0.1) is 0 Å². The van der Waals surface area contributed by atoms with E-state index < -0.39 is 0 Å². The van der Waals surface area contributed by atoms with Gasteiger partial charge < -0.3 is 5.73 Å². The zero-order valence-electron chi connectivity index (χ0n) is 13.0. The van der Waals surface area contributed by atoms with Crippen molar-refractivity contribution in [2.24, 2.45) is 11.7 Å². The van der Waals surface area contributed by atoms with Gasteiger partial charge in [0.1, 0.15) is 0 Å². The zero-order chi connectivity index (χ0) is 14.4. The summed E-state index contributed by atoms with van der Waals surface area (Å²) in [7, 11) is 0. The lowest BCUT2D eigenvalue weighted by Gasteiger charge is -2.47. The van der Waals surface area contributed by atoms with E-state index in [1.165, 1.54) is 37.7 Å². The molecule has 1 aliphatic carbocycles. The van der Waals surface area contributed by atoms with Crippen molar-refractivity contribution in [3.8, 4) is 0 Å². The summed E-state index contributed by atoms with van der Waals surface area (Å²) in [6.45, 7) is 7.51. The van der Waals surface area contributed by atoms with Crippen LogP contribution < -0.4 is 5.73 Å². The lowest BCUT2D eigenvalue weighted by molar-refractivity contribution is 0.0376. The van der Waals surface area contributed by atoms with Crippen LogP contribution >= 0.6 is 0 Å². The highest BCUT2D eigenvalue weighted by Gasteiger charge is 2.37. The molecule has 2 rings (SSSR count). The largest absolute Gasteiger partial charge is 0.329 e. The molecule has 112 valence electrons. The predicted molar refractivity (Wildman–Crippen MR) is 84.4 cm³/mol. The molecule has 1 saturated carbocycles. The average Bonchev–Trinajstić information content (AvgIpc) is 2.49. The van der Waals surface area contributed by atoms with Gasteiger partial charge in [-0.2, -0.15) is 0 Å². The van der Waals surface area contributed by atoms with Crippen molar-refractivity contribution in [3.05, 3.63) is 30.1 Å². The van der Waals surface area contributed by atoms with Gasteiger partial charge in [-0.05, 0) is 56.2 Å². The highest BCUT2D eigenvalue weighted by Crippen LogP contribution is 2.36. The van der Waals surface area contributed by atoms with Gasteiger partial charge >= 0.3 is 0 Å². The number of hydrogen-bond acceptors (Lipinski definition) is 3. The minimum atomic E-state index is 0.207. The number of nitrogens with two attached hydrogens (primary N) is 1. The SMILES string of the molecule is CCCN(Cc1cccnc1)C1(CN)CCC(C)CC1. The molecule has 0 bridgehead atoms. The van der Waals surface area contributed by atoms with E-state index in [1.807, 2.05) is 18.5 Å². The maximum Gasteiger partial charge on any atom is 0.0335 e. The Morgan fingerprint density at radius 3 is 2.70 bits per heavy atom. The molecule has 1 aliphatic rings. The van der Waals surface area contributed by atoms with Crippen LogP contribution in [0.4, 0.5) is 0 Å². The Bertz CT molecular complexity index is 382. The van der Waals surface area contributed by atoms with Crippen LogP contribution in [0, 0.1) is 5.92 Å². The van der Waals surface area contributed by atoms with E-state index in [9.17, 15) is 0 Å². The van der Waals surface area contributed by atoms with E-state index in [0.29, 0.717) is 0 Å². The van der Waals surface area contributed by atoms with E-state index in [2.05, 4.69) is 29.8 Å². The van der Waals surface area contributed by atoms with Crippen LogP contribution in [0.5, 0.6) is 0 Å². The average molecular weight is 275 g/mol. The van der Waals surface area contributed by atoms with Gasteiger partial charge in [-0.15, -0.1) is 0 Å². The molecular weight excluding hydrogens is 246 g/mol. The van der Waals surface area contributed by atoms with Crippen molar-refractivity contribution in [2.75, 3.05) is 13.1 Å². The van der Waals surface area contributed by atoms with Gasteiger partial charge in [0.15, 0.2) is 0 Å². The molecule has 0 saturated heterocycles. The Morgan fingerprint density at radius 1 is 1.40 bits per heavy atom. The van der Waals surface area contributed by atoms with Gasteiger partial charge in [0.2, 0.25) is 0 Å². The number of aromatic nitrogens is 1. The lowest BCUT2D eigenvalue weighted by Crippen LogP contribution is -2.55. The molecule has 3 nitrogen and oxygen atoms in total. The standard InChI is InChI=1S/C17H29N3/c1-3-11-20(13-16-5-4-10-19-12-16)17(14-18)8-6-15(2)7-9-17/h4-5,10,12,15H,3,6-9,11,13-14,18H2,1-2H3. The fraction of sp³-hybridized carbons (Fsp3) is 0.706. The minimum Gasteiger partial charge on any atom is -0.329 e. The van der Waals surface area contributed by atoms with E-state index in [-0.39, 0.29) is 5.54 Å². The number of nitrogens with zero attached hydrogens (tertiary/aromatic N) is 2. The van der Waals surface area contributed by atoms with Gasteiger partial charge in [-0.25, -0.2) is 0 Å². The van der Waals surface area contributed by atoms with Crippen molar-refractivity contribution in [2.45, 2.75) is 58.0 Å². The molecule has 0 atom stereocenters. The van der Waals surface area contributed by atoms with Crippen LogP contribution in [-0.4, -0.2) is 28.5 Å². The Labute approximate surface area is 123 Å². The molecular formula is C17H29N3. The van der Waals surface area contributed by atoms with Crippen LogP contribution in [0.25, 0.3) is 0 Å². The highest BCUT2D eigenvalue weighted by molar-refractivity contribution is 5.10. The second-order valence-electron chi connectivity index (χ2n) is 6.39. The summed E-state index contributed by atoms with van der Waals surface area (Å²) < 4.78 is 0. The molecule has 3 heteroatoms. The third-order valence-electron chi connectivity index (χ3n) is 4.85. The molecule has 1 heterocycles. The summed E-state index contributed by atoms with van der Waals surface area (Å²) in [5.41, 5.74) is 7.72. The summed E-state index contributed by atoms with van der Waals surface area (Å²) in [6.07, 6.45) is 10.1. The van der Waals surface area contributed by atoms with Gasteiger partial charge in [0.25, 0.3) is 0 Å². The Morgan fingerprint density at radius 2 is 2.15 bits per heavy atom. The molecule has 0 aromatic carbocycles. The maximum atomic E-state index is 6.21. The topological polar surface area (TPSA) is 42.2 Å². The fourth-order valence-electron chi connectivity index (χ4n) is 3.41. The molecule has 0 amide bonds. The second kappa shape index (κ2) is 7.19. The number of pyridine rings is 1. The molecule has 2 N–H and O–H groups in total. The quantitative estimate of drug-likeness (QED) is 0.867.